The fourth-order valence-electron chi connectivity index (χ4n) is 4.78. The summed E-state index contributed by atoms with van der Waals surface area (Å²) in [6.45, 7) is 6.01. The van der Waals surface area contributed by atoms with Crippen molar-refractivity contribution < 1.29 is 23.7 Å². The molecule has 2 aliphatic rings. The molecule has 2 fully saturated rings. The van der Waals surface area contributed by atoms with Gasteiger partial charge in [-0.05, 0) is 36.8 Å². The van der Waals surface area contributed by atoms with Crippen molar-refractivity contribution in [2.45, 2.75) is 25.9 Å². The van der Waals surface area contributed by atoms with Crippen LogP contribution in [0.4, 0.5) is 16.3 Å². The second-order valence-corrected chi connectivity index (χ2v) is 9.24. The van der Waals surface area contributed by atoms with Gasteiger partial charge in [0.05, 0.1) is 33.0 Å². The molecule has 0 bridgehead atoms. The number of carbonyl (C=O) groups excluding carboxylic acids is 1. The number of hydrogen-bond acceptors (Lipinski definition) is 8. The summed E-state index contributed by atoms with van der Waals surface area (Å²) in [7, 11) is 3.21. The molecule has 196 valence electrons. The number of fused-ring (bicyclic) bond motifs is 1. The molecule has 5 rings (SSSR count). The van der Waals surface area contributed by atoms with E-state index < -0.39 is 0 Å². The number of nitrogens with zero attached hydrogens (tertiary/aromatic N) is 4. The number of aromatic nitrogens is 2. The Balaban J connectivity index is 1.22. The lowest BCUT2D eigenvalue weighted by Crippen LogP contribution is -2.51. The average Bonchev–Trinajstić information content (AvgIpc) is 2.94. The summed E-state index contributed by atoms with van der Waals surface area (Å²) in [6.07, 6.45) is 3.23. The first-order valence-electron chi connectivity index (χ1n) is 12.6. The van der Waals surface area contributed by atoms with Crippen LogP contribution in [0.25, 0.3) is 10.9 Å². The minimum atomic E-state index is 0.0829. The van der Waals surface area contributed by atoms with Gasteiger partial charge in [-0.25, -0.2) is 14.8 Å². The van der Waals surface area contributed by atoms with Gasteiger partial charge in [-0.2, -0.15) is 0 Å². The van der Waals surface area contributed by atoms with Crippen molar-refractivity contribution in [1.82, 2.24) is 19.8 Å². The number of amides is 2. The van der Waals surface area contributed by atoms with Crippen molar-refractivity contribution in [2.24, 2.45) is 0 Å². The first-order valence-corrected chi connectivity index (χ1v) is 12.6. The highest BCUT2D eigenvalue weighted by molar-refractivity contribution is 5.93. The van der Waals surface area contributed by atoms with Gasteiger partial charge in [-0.15, -0.1) is 0 Å². The summed E-state index contributed by atoms with van der Waals surface area (Å²) in [4.78, 5) is 25.4. The fraction of sp³-hybridized carbons (Fsp3) is 0.444. The lowest BCUT2D eigenvalue weighted by molar-refractivity contribution is 0.0360. The second kappa shape index (κ2) is 11.1. The van der Waals surface area contributed by atoms with E-state index in [9.17, 15) is 4.79 Å². The molecule has 1 aromatic heterocycles. The Hall–Kier alpha value is -3.79. The number of likely N-dealkylation sites (tertiary alicyclic amines) is 1. The van der Waals surface area contributed by atoms with Crippen molar-refractivity contribution in [2.75, 3.05) is 58.9 Å². The predicted octanol–water partition coefficient (Wildman–Crippen LogP) is 3.99. The molecule has 10 heteroatoms. The maximum absolute atomic E-state index is 12.7. The zero-order chi connectivity index (χ0) is 25.8. The number of piperidine rings is 1. The molecule has 37 heavy (non-hydrogen) atoms. The van der Waals surface area contributed by atoms with E-state index >= 15 is 0 Å². The third-order valence-corrected chi connectivity index (χ3v) is 6.87. The number of benzene rings is 2. The highest BCUT2D eigenvalue weighted by Gasteiger charge is 2.28. The molecule has 1 N–H and O–H groups in total. The molecular formula is C27H33N5O5. The Kier molecular flexibility index (Phi) is 7.45. The first-order chi connectivity index (χ1) is 18.1. The van der Waals surface area contributed by atoms with Crippen LogP contribution in [0.5, 0.6) is 17.2 Å². The number of morpholine rings is 1. The Morgan fingerprint density at radius 3 is 2.35 bits per heavy atom. The van der Waals surface area contributed by atoms with Crippen molar-refractivity contribution >= 4 is 28.4 Å². The number of aryl methyl sites for hydroxylation is 1. The number of carbonyl (C=O) groups is 1. The van der Waals surface area contributed by atoms with Crippen LogP contribution in [-0.2, 0) is 4.74 Å². The van der Waals surface area contributed by atoms with Crippen LogP contribution in [0.1, 0.15) is 18.4 Å². The topological polar surface area (TPSA) is 98.3 Å². The van der Waals surface area contributed by atoms with Crippen LogP contribution < -0.4 is 19.5 Å². The number of hydrogen-bond donors (Lipinski definition) is 1. The van der Waals surface area contributed by atoms with Gasteiger partial charge in [0.2, 0.25) is 0 Å². The van der Waals surface area contributed by atoms with Gasteiger partial charge in [0.1, 0.15) is 24.0 Å². The first kappa shape index (κ1) is 24.9. The summed E-state index contributed by atoms with van der Waals surface area (Å²) < 4.78 is 22.5. The SMILES string of the molecule is COc1cc2ncnc(Nc3ccc(OC4CCN(C(=O)N5CCOCC5)CC4)c(C)c3)c2cc1OC. The lowest BCUT2D eigenvalue weighted by Gasteiger charge is -2.37. The van der Waals surface area contributed by atoms with Crippen molar-refractivity contribution in [3.8, 4) is 17.2 Å². The van der Waals surface area contributed by atoms with Gasteiger partial charge in [-0.1, -0.05) is 0 Å². The molecule has 0 spiro atoms. The van der Waals surface area contributed by atoms with Crippen molar-refractivity contribution in [1.29, 1.82) is 0 Å². The average molecular weight is 508 g/mol. The minimum absolute atomic E-state index is 0.0829. The molecule has 2 aliphatic heterocycles. The van der Waals surface area contributed by atoms with E-state index in [1.54, 1.807) is 14.2 Å². The predicted molar refractivity (Wildman–Crippen MR) is 140 cm³/mol. The monoisotopic (exact) mass is 507 g/mol. The van der Waals surface area contributed by atoms with Crippen LogP contribution in [-0.4, -0.2) is 85.5 Å². The van der Waals surface area contributed by atoms with Crippen molar-refractivity contribution in [3.05, 3.63) is 42.2 Å². The largest absolute Gasteiger partial charge is 0.493 e. The third-order valence-electron chi connectivity index (χ3n) is 6.87. The van der Waals surface area contributed by atoms with E-state index in [1.807, 2.05) is 47.1 Å². The second-order valence-electron chi connectivity index (χ2n) is 9.24. The van der Waals surface area contributed by atoms with E-state index in [1.165, 1.54) is 6.33 Å². The Morgan fingerprint density at radius 2 is 1.65 bits per heavy atom. The molecule has 2 amide bonds. The van der Waals surface area contributed by atoms with Crippen LogP contribution >= 0.6 is 0 Å². The van der Waals surface area contributed by atoms with E-state index in [4.69, 9.17) is 18.9 Å². The third kappa shape index (κ3) is 5.48. The van der Waals surface area contributed by atoms with Gasteiger partial charge in [0.15, 0.2) is 11.5 Å². The van der Waals surface area contributed by atoms with Crippen LogP contribution in [0.3, 0.4) is 0 Å². The van der Waals surface area contributed by atoms with Gasteiger partial charge in [-0.3, -0.25) is 0 Å². The molecule has 0 aliphatic carbocycles. The zero-order valence-electron chi connectivity index (χ0n) is 21.5. The number of ether oxygens (including phenoxy) is 4. The summed E-state index contributed by atoms with van der Waals surface area (Å²) in [6, 6.07) is 9.83. The fourth-order valence-corrected chi connectivity index (χ4v) is 4.78. The Bertz CT molecular complexity index is 1260. The maximum atomic E-state index is 12.7. The van der Waals surface area contributed by atoms with Crippen LogP contribution in [0.2, 0.25) is 0 Å². The number of urea groups is 1. The standard InChI is InChI=1S/C27H33N5O5/c1-18-14-19(30-26-21-15-24(34-2)25(35-3)16-22(21)28-17-29-26)4-5-23(18)37-20-6-8-31(9-7-20)27(33)32-10-12-36-13-11-32/h4-5,14-17,20H,6-13H2,1-3H3,(H,28,29,30). The molecule has 2 saturated heterocycles. The quantitative estimate of drug-likeness (QED) is 0.535. The Labute approximate surface area is 216 Å². The molecule has 0 saturated carbocycles. The summed E-state index contributed by atoms with van der Waals surface area (Å²) in [5.74, 6) is 2.76. The van der Waals surface area contributed by atoms with Gasteiger partial charge in [0.25, 0.3) is 0 Å². The summed E-state index contributed by atoms with van der Waals surface area (Å²) in [5, 5.41) is 4.23. The van der Waals surface area contributed by atoms with E-state index in [2.05, 4.69) is 15.3 Å². The molecule has 3 aromatic rings. The zero-order valence-corrected chi connectivity index (χ0v) is 21.5. The number of rotatable bonds is 6. The number of nitrogens with one attached hydrogen (secondary N) is 1. The molecule has 0 unspecified atom stereocenters. The van der Waals surface area contributed by atoms with Crippen molar-refractivity contribution in [3.63, 3.8) is 0 Å². The summed E-state index contributed by atoms with van der Waals surface area (Å²) >= 11 is 0. The lowest BCUT2D eigenvalue weighted by atomic mass is 10.1. The van der Waals surface area contributed by atoms with Crippen LogP contribution in [0.15, 0.2) is 36.7 Å². The van der Waals surface area contributed by atoms with Gasteiger partial charge in [0, 0.05) is 56.2 Å². The number of methoxy groups -OCH3 is 2. The smallest absolute Gasteiger partial charge is 0.320 e. The van der Waals surface area contributed by atoms with Gasteiger partial charge >= 0.3 is 6.03 Å². The molecule has 0 atom stereocenters. The van der Waals surface area contributed by atoms with Gasteiger partial charge < -0.3 is 34.1 Å². The molecule has 3 heterocycles. The molecule has 10 nitrogen and oxygen atoms in total. The summed E-state index contributed by atoms with van der Waals surface area (Å²) in [5.41, 5.74) is 2.67. The van der Waals surface area contributed by atoms with E-state index in [0.29, 0.717) is 56.7 Å². The molecular weight excluding hydrogens is 474 g/mol. The van der Waals surface area contributed by atoms with E-state index in [0.717, 1.165) is 40.7 Å². The Morgan fingerprint density at radius 1 is 0.946 bits per heavy atom. The molecule has 2 aromatic carbocycles. The normalized spacial score (nSPS) is 16.5. The highest BCUT2D eigenvalue weighted by atomic mass is 16.5. The van der Waals surface area contributed by atoms with Crippen LogP contribution in [0, 0.1) is 6.92 Å². The number of anilines is 2. The van der Waals surface area contributed by atoms with E-state index in [-0.39, 0.29) is 12.1 Å². The minimum Gasteiger partial charge on any atom is -0.493 e. The maximum Gasteiger partial charge on any atom is 0.320 e. The highest BCUT2D eigenvalue weighted by Crippen LogP contribution is 2.35. The molecule has 0 radical (unpaired) electrons.